The van der Waals surface area contributed by atoms with Crippen LogP contribution in [0.15, 0.2) is 23.2 Å². The van der Waals surface area contributed by atoms with Crippen molar-refractivity contribution in [2.24, 2.45) is 0 Å². The molecule has 0 fully saturated rings. The fourth-order valence-electron chi connectivity index (χ4n) is 1.49. The fraction of sp³-hybridized carbons (Fsp3) is 0.222. The molecular weight excluding hydrogens is 244 g/mol. The van der Waals surface area contributed by atoms with E-state index in [1.165, 1.54) is 11.5 Å². The zero-order chi connectivity index (χ0) is 11.0. The number of hydrogen-bond acceptors (Lipinski definition) is 6. The Morgan fingerprint density at radius 1 is 1.50 bits per heavy atom. The quantitative estimate of drug-likeness (QED) is 0.767. The van der Waals surface area contributed by atoms with Gasteiger partial charge in [0.05, 0.1) is 5.69 Å². The van der Waals surface area contributed by atoms with Gasteiger partial charge in [-0.3, -0.25) is 4.40 Å². The van der Waals surface area contributed by atoms with Crippen LogP contribution in [0, 0.1) is 0 Å². The van der Waals surface area contributed by atoms with Gasteiger partial charge in [-0.2, -0.15) is 0 Å². The summed E-state index contributed by atoms with van der Waals surface area (Å²) in [4.78, 5) is 5.34. The van der Waals surface area contributed by atoms with Crippen LogP contribution in [0.3, 0.4) is 0 Å². The molecule has 0 radical (unpaired) electrons. The normalized spacial score (nSPS) is 13.3. The highest BCUT2D eigenvalue weighted by Crippen LogP contribution is 2.18. The van der Waals surface area contributed by atoms with Crippen LogP contribution in [0.1, 0.15) is 17.5 Å². The smallest absolute Gasteiger partial charge is 0.193 e. The standard InChI is InChI=1S/C9H8N4OS2/c14-8(7-5-16-12-11-7)3-6-4-13-1-2-15-9(13)10-6/h1-2,4-5,8,14H,3H2. The van der Waals surface area contributed by atoms with Crippen molar-refractivity contribution in [2.75, 3.05) is 0 Å². The summed E-state index contributed by atoms with van der Waals surface area (Å²) in [6.45, 7) is 0. The maximum absolute atomic E-state index is 9.88. The van der Waals surface area contributed by atoms with E-state index in [9.17, 15) is 5.11 Å². The second-order valence-corrected chi connectivity index (χ2v) is 4.86. The Morgan fingerprint density at radius 2 is 2.44 bits per heavy atom. The predicted octanol–water partition coefficient (Wildman–Crippen LogP) is 1.52. The monoisotopic (exact) mass is 252 g/mol. The molecule has 0 aliphatic heterocycles. The van der Waals surface area contributed by atoms with Crippen LogP contribution in [-0.2, 0) is 6.42 Å². The van der Waals surface area contributed by atoms with E-state index in [1.54, 1.807) is 16.7 Å². The Labute approximate surface area is 99.2 Å². The van der Waals surface area contributed by atoms with Crippen molar-refractivity contribution >= 4 is 27.8 Å². The molecule has 7 heteroatoms. The molecule has 0 saturated heterocycles. The minimum Gasteiger partial charge on any atom is -0.386 e. The fourth-order valence-corrected chi connectivity index (χ4v) is 2.71. The van der Waals surface area contributed by atoms with Crippen LogP contribution < -0.4 is 0 Å². The number of rotatable bonds is 3. The van der Waals surface area contributed by atoms with Crippen molar-refractivity contribution in [1.29, 1.82) is 0 Å². The third-order valence-electron chi connectivity index (χ3n) is 2.26. The number of nitrogens with zero attached hydrogens (tertiary/aromatic N) is 4. The zero-order valence-electron chi connectivity index (χ0n) is 8.15. The molecule has 3 aromatic rings. The molecule has 0 aliphatic carbocycles. The molecule has 1 N–H and O–H groups in total. The molecule has 0 aliphatic rings. The summed E-state index contributed by atoms with van der Waals surface area (Å²) in [7, 11) is 0. The van der Waals surface area contributed by atoms with Crippen LogP contribution in [0.4, 0.5) is 0 Å². The molecule has 3 heterocycles. The van der Waals surface area contributed by atoms with Crippen molar-refractivity contribution < 1.29 is 5.11 Å². The van der Waals surface area contributed by atoms with Gasteiger partial charge in [-0.1, -0.05) is 4.49 Å². The lowest BCUT2D eigenvalue weighted by Crippen LogP contribution is -2.02. The average Bonchev–Trinajstić information content (AvgIpc) is 2.91. The maximum atomic E-state index is 9.88. The van der Waals surface area contributed by atoms with E-state index >= 15 is 0 Å². The van der Waals surface area contributed by atoms with E-state index < -0.39 is 6.10 Å². The summed E-state index contributed by atoms with van der Waals surface area (Å²) >= 11 is 2.82. The van der Waals surface area contributed by atoms with Gasteiger partial charge < -0.3 is 5.11 Å². The summed E-state index contributed by atoms with van der Waals surface area (Å²) in [6, 6.07) is 0. The first-order valence-corrected chi connectivity index (χ1v) is 6.40. The van der Waals surface area contributed by atoms with Crippen molar-refractivity contribution in [3.8, 4) is 0 Å². The van der Waals surface area contributed by atoms with Gasteiger partial charge in [0, 0.05) is 29.6 Å². The molecule has 0 aromatic carbocycles. The van der Waals surface area contributed by atoms with E-state index in [0.29, 0.717) is 12.1 Å². The SMILES string of the molecule is OC(Cc1cn2ccsc2n1)c1csnn1. The summed E-state index contributed by atoms with van der Waals surface area (Å²) in [5, 5.41) is 17.5. The Bertz CT molecular complexity index is 557. The molecular formula is C9H8N4OS2. The third kappa shape index (κ3) is 1.73. The van der Waals surface area contributed by atoms with E-state index in [-0.39, 0.29) is 0 Å². The number of aromatic nitrogens is 4. The largest absolute Gasteiger partial charge is 0.386 e. The summed E-state index contributed by atoms with van der Waals surface area (Å²) in [5.41, 5.74) is 1.48. The summed E-state index contributed by atoms with van der Waals surface area (Å²) < 4.78 is 5.68. The number of aliphatic hydroxyl groups excluding tert-OH is 1. The van der Waals surface area contributed by atoms with Crippen LogP contribution in [-0.4, -0.2) is 24.1 Å². The Hall–Kier alpha value is -1.31. The van der Waals surface area contributed by atoms with Gasteiger partial charge in [-0.15, -0.1) is 16.4 Å². The summed E-state index contributed by atoms with van der Waals surface area (Å²) in [5.74, 6) is 0. The second kappa shape index (κ2) is 3.93. The lowest BCUT2D eigenvalue weighted by molar-refractivity contribution is 0.172. The topological polar surface area (TPSA) is 63.3 Å². The number of hydrogen-bond donors (Lipinski definition) is 1. The van der Waals surface area contributed by atoms with Crippen molar-refractivity contribution in [3.63, 3.8) is 0 Å². The number of imidazole rings is 1. The van der Waals surface area contributed by atoms with Gasteiger partial charge in [0.2, 0.25) is 0 Å². The molecule has 16 heavy (non-hydrogen) atoms. The predicted molar refractivity (Wildman–Crippen MR) is 61.6 cm³/mol. The highest BCUT2D eigenvalue weighted by molar-refractivity contribution is 7.15. The van der Waals surface area contributed by atoms with Crippen LogP contribution in [0.5, 0.6) is 0 Å². The van der Waals surface area contributed by atoms with Crippen LogP contribution in [0.25, 0.3) is 4.96 Å². The van der Waals surface area contributed by atoms with E-state index in [2.05, 4.69) is 14.6 Å². The minimum atomic E-state index is -0.622. The molecule has 0 bridgehead atoms. The highest BCUT2D eigenvalue weighted by atomic mass is 32.1. The van der Waals surface area contributed by atoms with E-state index in [4.69, 9.17) is 0 Å². The highest BCUT2D eigenvalue weighted by Gasteiger charge is 2.13. The Morgan fingerprint density at radius 3 is 3.19 bits per heavy atom. The molecule has 82 valence electrons. The zero-order valence-corrected chi connectivity index (χ0v) is 9.78. The molecule has 0 spiro atoms. The molecule has 5 nitrogen and oxygen atoms in total. The summed E-state index contributed by atoms with van der Waals surface area (Å²) in [6.07, 6.45) is 3.73. The average molecular weight is 252 g/mol. The van der Waals surface area contributed by atoms with E-state index in [0.717, 1.165) is 10.7 Å². The maximum Gasteiger partial charge on any atom is 0.193 e. The first-order valence-electron chi connectivity index (χ1n) is 4.69. The van der Waals surface area contributed by atoms with Gasteiger partial charge in [-0.05, 0) is 11.5 Å². The lowest BCUT2D eigenvalue weighted by atomic mass is 10.2. The van der Waals surface area contributed by atoms with Crippen LogP contribution in [0.2, 0.25) is 0 Å². The van der Waals surface area contributed by atoms with Crippen molar-refractivity contribution in [1.82, 2.24) is 19.0 Å². The first-order chi connectivity index (χ1) is 7.83. The molecule has 1 atom stereocenters. The first kappa shape index (κ1) is 9.88. The van der Waals surface area contributed by atoms with Gasteiger partial charge in [-0.25, -0.2) is 4.98 Å². The van der Waals surface area contributed by atoms with Crippen LogP contribution >= 0.6 is 22.9 Å². The van der Waals surface area contributed by atoms with E-state index in [1.807, 2.05) is 22.2 Å². The van der Waals surface area contributed by atoms with Gasteiger partial charge in [0.1, 0.15) is 11.8 Å². The Kier molecular flexibility index (Phi) is 2.43. The van der Waals surface area contributed by atoms with Crippen molar-refractivity contribution in [2.45, 2.75) is 12.5 Å². The van der Waals surface area contributed by atoms with Gasteiger partial charge in [0.25, 0.3) is 0 Å². The molecule has 3 aromatic heterocycles. The second-order valence-electron chi connectivity index (χ2n) is 3.37. The third-order valence-corrected chi connectivity index (χ3v) is 3.56. The molecule has 3 rings (SSSR count). The lowest BCUT2D eigenvalue weighted by Gasteiger charge is -2.03. The van der Waals surface area contributed by atoms with Crippen molar-refractivity contribution in [3.05, 3.63) is 34.5 Å². The number of aliphatic hydroxyl groups is 1. The van der Waals surface area contributed by atoms with Gasteiger partial charge in [0.15, 0.2) is 4.96 Å². The molecule has 0 amide bonds. The molecule has 0 saturated carbocycles. The van der Waals surface area contributed by atoms with Gasteiger partial charge >= 0.3 is 0 Å². The molecule has 1 unspecified atom stereocenters. The number of fused-ring (bicyclic) bond motifs is 1. The minimum absolute atomic E-state index is 0.472. The Balaban J connectivity index is 1.82. The number of thiazole rings is 1.